The number of carbonyl (C=O) groups excluding carboxylic acids is 2. The standard InChI is InChI=1S/C16H23N3O2/c1-11-6-7-13(17)10-14(11)16(21)19-9-3-8-18-15(20)12-4-2-5-12/h6-7,10,12H,2-5,8-9,17H2,1H3,(H,18,20)(H,19,21). The van der Waals surface area contributed by atoms with Gasteiger partial charge in [0.15, 0.2) is 0 Å². The topological polar surface area (TPSA) is 84.2 Å². The molecule has 114 valence electrons. The highest BCUT2D eigenvalue weighted by atomic mass is 16.2. The minimum atomic E-state index is -0.120. The Hall–Kier alpha value is -2.04. The fourth-order valence-corrected chi connectivity index (χ4v) is 2.30. The van der Waals surface area contributed by atoms with Crippen molar-refractivity contribution in [2.45, 2.75) is 32.6 Å². The summed E-state index contributed by atoms with van der Waals surface area (Å²) in [5.74, 6) is 0.249. The van der Waals surface area contributed by atoms with Crippen LogP contribution in [0.1, 0.15) is 41.6 Å². The fourth-order valence-electron chi connectivity index (χ4n) is 2.30. The number of amides is 2. The molecular formula is C16H23N3O2. The molecule has 1 saturated carbocycles. The molecule has 4 N–H and O–H groups in total. The van der Waals surface area contributed by atoms with Crippen molar-refractivity contribution in [1.29, 1.82) is 0 Å². The van der Waals surface area contributed by atoms with Gasteiger partial charge in [0.2, 0.25) is 5.91 Å². The minimum absolute atomic E-state index is 0.120. The Labute approximate surface area is 125 Å². The second-order valence-electron chi connectivity index (χ2n) is 5.60. The first kappa shape index (κ1) is 15.4. The lowest BCUT2D eigenvalue weighted by atomic mass is 9.85. The molecule has 0 bridgehead atoms. The van der Waals surface area contributed by atoms with Gasteiger partial charge in [-0.2, -0.15) is 0 Å². The lowest BCUT2D eigenvalue weighted by Gasteiger charge is -2.24. The van der Waals surface area contributed by atoms with E-state index in [9.17, 15) is 9.59 Å². The lowest BCUT2D eigenvalue weighted by molar-refractivity contribution is -0.127. The maximum absolute atomic E-state index is 12.0. The molecule has 0 spiro atoms. The third kappa shape index (κ3) is 4.21. The Morgan fingerprint density at radius 2 is 1.95 bits per heavy atom. The Morgan fingerprint density at radius 3 is 2.62 bits per heavy atom. The number of benzene rings is 1. The molecule has 2 rings (SSSR count). The average Bonchev–Trinajstić information content (AvgIpc) is 2.39. The van der Waals surface area contributed by atoms with E-state index >= 15 is 0 Å². The highest BCUT2D eigenvalue weighted by Gasteiger charge is 2.24. The molecule has 21 heavy (non-hydrogen) atoms. The summed E-state index contributed by atoms with van der Waals surface area (Å²) in [5.41, 5.74) is 7.78. The summed E-state index contributed by atoms with van der Waals surface area (Å²) in [6.07, 6.45) is 3.91. The van der Waals surface area contributed by atoms with Crippen LogP contribution < -0.4 is 16.4 Å². The van der Waals surface area contributed by atoms with E-state index in [0.29, 0.717) is 24.3 Å². The van der Waals surface area contributed by atoms with Crippen molar-refractivity contribution in [3.05, 3.63) is 29.3 Å². The van der Waals surface area contributed by atoms with Crippen LogP contribution >= 0.6 is 0 Å². The van der Waals surface area contributed by atoms with E-state index in [1.165, 1.54) is 0 Å². The van der Waals surface area contributed by atoms with Crippen LogP contribution in [-0.4, -0.2) is 24.9 Å². The van der Waals surface area contributed by atoms with Crippen LogP contribution in [0.25, 0.3) is 0 Å². The number of nitrogen functional groups attached to an aromatic ring is 1. The van der Waals surface area contributed by atoms with Crippen molar-refractivity contribution in [3.63, 3.8) is 0 Å². The van der Waals surface area contributed by atoms with Crippen molar-refractivity contribution < 1.29 is 9.59 Å². The molecule has 1 aromatic rings. The van der Waals surface area contributed by atoms with Crippen molar-refractivity contribution in [2.24, 2.45) is 5.92 Å². The van der Waals surface area contributed by atoms with Crippen molar-refractivity contribution in [3.8, 4) is 0 Å². The van der Waals surface area contributed by atoms with Crippen molar-refractivity contribution in [2.75, 3.05) is 18.8 Å². The van der Waals surface area contributed by atoms with Gasteiger partial charge in [0.05, 0.1) is 0 Å². The van der Waals surface area contributed by atoms with E-state index < -0.39 is 0 Å². The third-order valence-electron chi connectivity index (χ3n) is 3.92. The van der Waals surface area contributed by atoms with Gasteiger partial charge in [0.25, 0.3) is 5.91 Å². The van der Waals surface area contributed by atoms with Crippen LogP contribution in [0.4, 0.5) is 5.69 Å². The molecule has 1 fully saturated rings. The molecule has 0 aromatic heterocycles. The lowest BCUT2D eigenvalue weighted by Crippen LogP contribution is -2.36. The quantitative estimate of drug-likeness (QED) is 0.549. The van der Waals surface area contributed by atoms with Crippen LogP contribution in [0.15, 0.2) is 18.2 Å². The number of anilines is 1. The van der Waals surface area contributed by atoms with Gasteiger partial charge in [-0.1, -0.05) is 12.5 Å². The molecule has 1 aliphatic rings. The highest BCUT2D eigenvalue weighted by Crippen LogP contribution is 2.25. The summed E-state index contributed by atoms with van der Waals surface area (Å²) in [5, 5.41) is 5.76. The van der Waals surface area contributed by atoms with Crippen LogP contribution in [0.2, 0.25) is 0 Å². The molecule has 0 atom stereocenters. The van der Waals surface area contributed by atoms with Gasteiger partial charge in [-0.3, -0.25) is 9.59 Å². The van der Waals surface area contributed by atoms with Crippen LogP contribution in [0.5, 0.6) is 0 Å². The van der Waals surface area contributed by atoms with Crippen molar-refractivity contribution >= 4 is 17.5 Å². The predicted octanol–water partition coefficient (Wildman–Crippen LogP) is 1.61. The SMILES string of the molecule is Cc1ccc(N)cc1C(=O)NCCCNC(=O)C1CCC1. The fraction of sp³-hybridized carbons (Fsp3) is 0.500. The number of hydrogen-bond acceptors (Lipinski definition) is 3. The molecule has 5 nitrogen and oxygen atoms in total. The molecule has 0 aliphatic heterocycles. The van der Waals surface area contributed by atoms with Gasteiger partial charge >= 0.3 is 0 Å². The Morgan fingerprint density at radius 1 is 1.24 bits per heavy atom. The predicted molar refractivity (Wildman–Crippen MR) is 82.9 cm³/mol. The number of nitrogens with two attached hydrogens (primary N) is 1. The maximum atomic E-state index is 12.0. The van der Waals surface area contributed by atoms with Crippen LogP contribution in [0.3, 0.4) is 0 Å². The average molecular weight is 289 g/mol. The number of carbonyl (C=O) groups is 2. The maximum Gasteiger partial charge on any atom is 0.251 e. The van der Waals surface area contributed by atoms with Gasteiger partial charge in [0.1, 0.15) is 0 Å². The molecular weight excluding hydrogens is 266 g/mol. The molecule has 1 aromatic carbocycles. The molecule has 0 heterocycles. The normalized spacial score (nSPS) is 14.3. The van der Waals surface area contributed by atoms with E-state index in [4.69, 9.17) is 5.73 Å². The van der Waals surface area contributed by atoms with E-state index in [1.807, 2.05) is 13.0 Å². The minimum Gasteiger partial charge on any atom is -0.399 e. The van der Waals surface area contributed by atoms with Gasteiger partial charge in [-0.25, -0.2) is 0 Å². The summed E-state index contributed by atoms with van der Waals surface area (Å²) >= 11 is 0. The summed E-state index contributed by atoms with van der Waals surface area (Å²) in [4.78, 5) is 23.6. The smallest absolute Gasteiger partial charge is 0.251 e. The number of rotatable bonds is 6. The summed E-state index contributed by atoms with van der Waals surface area (Å²) in [7, 11) is 0. The second-order valence-corrected chi connectivity index (χ2v) is 5.60. The molecule has 0 radical (unpaired) electrons. The zero-order valence-corrected chi connectivity index (χ0v) is 12.4. The first-order valence-electron chi connectivity index (χ1n) is 7.50. The zero-order chi connectivity index (χ0) is 15.2. The summed E-state index contributed by atoms with van der Waals surface area (Å²) in [6.45, 7) is 3.02. The van der Waals surface area contributed by atoms with E-state index in [0.717, 1.165) is 31.2 Å². The Kier molecular flexibility index (Phi) is 5.20. The van der Waals surface area contributed by atoms with Crippen molar-refractivity contribution in [1.82, 2.24) is 10.6 Å². The molecule has 1 aliphatic carbocycles. The number of aryl methyl sites for hydroxylation is 1. The largest absolute Gasteiger partial charge is 0.399 e. The summed E-state index contributed by atoms with van der Waals surface area (Å²) in [6, 6.07) is 5.30. The first-order chi connectivity index (χ1) is 10.1. The third-order valence-corrected chi connectivity index (χ3v) is 3.92. The van der Waals surface area contributed by atoms with Gasteiger partial charge in [-0.15, -0.1) is 0 Å². The monoisotopic (exact) mass is 289 g/mol. The van der Waals surface area contributed by atoms with Crippen LogP contribution in [-0.2, 0) is 4.79 Å². The van der Waals surface area contributed by atoms with E-state index in [-0.39, 0.29) is 17.7 Å². The highest BCUT2D eigenvalue weighted by molar-refractivity contribution is 5.96. The Balaban J connectivity index is 1.67. The molecule has 0 saturated heterocycles. The van der Waals surface area contributed by atoms with E-state index in [1.54, 1.807) is 12.1 Å². The van der Waals surface area contributed by atoms with Gasteiger partial charge in [-0.05, 0) is 43.9 Å². The second kappa shape index (κ2) is 7.11. The zero-order valence-electron chi connectivity index (χ0n) is 12.4. The molecule has 0 unspecified atom stereocenters. The number of nitrogens with one attached hydrogen (secondary N) is 2. The first-order valence-corrected chi connectivity index (χ1v) is 7.50. The van der Waals surface area contributed by atoms with Crippen LogP contribution in [0, 0.1) is 12.8 Å². The molecule has 2 amide bonds. The number of hydrogen-bond donors (Lipinski definition) is 3. The van der Waals surface area contributed by atoms with Gasteiger partial charge < -0.3 is 16.4 Å². The summed E-state index contributed by atoms with van der Waals surface area (Å²) < 4.78 is 0. The van der Waals surface area contributed by atoms with Gasteiger partial charge in [0, 0.05) is 30.3 Å². The Bertz CT molecular complexity index is 524. The molecule has 5 heteroatoms. The van der Waals surface area contributed by atoms with E-state index in [2.05, 4.69) is 10.6 Å².